The van der Waals surface area contributed by atoms with Crippen molar-refractivity contribution in [2.45, 2.75) is 12.8 Å². The Bertz CT molecular complexity index is 821. The van der Waals surface area contributed by atoms with Crippen LogP contribution >= 0.6 is 0 Å². The molecule has 1 unspecified atom stereocenters. The summed E-state index contributed by atoms with van der Waals surface area (Å²) in [6, 6.07) is 12.1. The molecule has 2 aliphatic heterocycles. The molecule has 0 bridgehead atoms. The molecule has 4 rings (SSSR count). The highest BCUT2D eigenvalue weighted by atomic mass is 16.2. The average molecular weight is 379 g/mol. The Morgan fingerprint density at radius 2 is 1.82 bits per heavy atom. The fraction of sp³-hybridized carbons (Fsp3) is 0.429. The molecule has 1 aromatic heterocycles. The summed E-state index contributed by atoms with van der Waals surface area (Å²) in [5, 5.41) is 0. The van der Waals surface area contributed by atoms with Crippen LogP contribution in [0.1, 0.15) is 12.8 Å². The molecule has 7 heteroatoms. The van der Waals surface area contributed by atoms with Crippen LogP contribution in [0.2, 0.25) is 0 Å². The van der Waals surface area contributed by atoms with Gasteiger partial charge in [-0.05, 0) is 12.8 Å². The van der Waals surface area contributed by atoms with Gasteiger partial charge in [-0.25, -0.2) is 9.97 Å². The van der Waals surface area contributed by atoms with Crippen molar-refractivity contribution >= 4 is 18.1 Å². The van der Waals surface area contributed by atoms with E-state index in [0.29, 0.717) is 32.7 Å². The number of nitrogens with zero attached hydrogens (tertiary/aromatic N) is 5. The third kappa shape index (κ3) is 3.98. The zero-order valence-electron chi connectivity index (χ0n) is 15.9. The van der Waals surface area contributed by atoms with Crippen molar-refractivity contribution < 1.29 is 9.59 Å². The Labute approximate surface area is 165 Å². The number of carbonyl (C=O) groups is 2. The molecular formula is C21H25N5O2. The number of piperidine rings is 1. The van der Waals surface area contributed by atoms with Crippen LogP contribution in [0.15, 0.2) is 42.7 Å². The lowest BCUT2D eigenvalue weighted by Crippen LogP contribution is -2.52. The molecule has 0 aliphatic carbocycles. The van der Waals surface area contributed by atoms with Crippen LogP contribution in [-0.4, -0.2) is 71.4 Å². The van der Waals surface area contributed by atoms with Crippen molar-refractivity contribution in [2.24, 2.45) is 5.92 Å². The van der Waals surface area contributed by atoms with E-state index in [9.17, 15) is 9.59 Å². The first kappa shape index (κ1) is 18.4. The predicted octanol–water partition coefficient (Wildman–Crippen LogP) is 1.66. The van der Waals surface area contributed by atoms with E-state index in [0.717, 1.165) is 42.9 Å². The molecule has 0 saturated carbocycles. The van der Waals surface area contributed by atoms with Gasteiger partial charge in [0.05, 0.1) is 11.6 Å². The summed E-state index contributed by atoms with van der Waals surface area (Å²) < 4.78 is 0. The topological polar surface area (TPSA) is 69.6 Å². The van der Waals surface area contributed by atoms with Crippen molar-refractivity contribution in [2.75, 3.05) is 44.2 Å². The van der Waals surface area contributed by atoms with Crippen LogP contribution in [0.4, 0.5) is 5.82 Å². The largest absolute Gasteiger partial charge is 0.356 e. The smallest absolute Gasteiger partial charge is 0.227 e. The summed E-state index contributed by atoms with van der Waals surface area (Å²) in [7, 11) is 0. The van der Waals surface area contributed by atoms with Crippen LogP contribution < -0.4 is 4.90 Å². The van der Waals surface area contributed by atoms with E-state index < -0.39 is 0 Å². The second-order valence-corrected chi connectivity index (χ2v) is 7.38. The number of piperazine rings is 1. The van der Waals surface area contributed by atoms with E-state index in [4.69, 9.17) is 0 Å². The molecule has 146 valence electrons. The highest BCUT2D eigenvalue weighted by Gasteiger charge is 2.31. The quantitative estimate of drug-likeness (QED) is 0.756. The molecule has 3 heterocycles. The first-order chi connectivity index (χ1) is 13.7. The van der Waals surface area contributed by atoms with Gasteiger partial charge >= 0.3 is 0 Å². The molecule has 2 amide bonds. The standard InChI is InChI=1S/C21H25N5O2/c27-16-24-9-11-25(12-10-24)21(28)18-7-4-8-26(14-18)20-13-19(22-15-23-20)17-5-2-1-3-6-17/h1-3,5-6,13,15-16,18H,4,7-12,14H2. The molecular weight excluding hydrogens is 354 g/mol. The van der Waals surface area contributed by atoms with Gasteiger partial charge in [0.1, 0.15) is 12.1 Å². The lowest BCUT2D eigenvalue weighted by Gasteiger charge is -2.38. The molecule has 2 saturated heterocycles. The van der Waals surface area contributed by atoms with Crippen LogP contribution in [-0.2, 0) is 9.59 Å². The number of benzene rings is 1. The van der Waals surface area contributed by atoms with Crippen LogP contribution in [0.5, 0.6) is 0 Å². The third-order valence-electron chi connectivity index (χ3n) is 5.59. The van der Waals surface area contributed by atoms with Crippen LogP contribution in [0.3, 0.4) is 0 Å². The maximum Gasteiger partial charge on any atom is 0.227 e. The number of amides is 2. The zero-order chi connectivity index (χ0) is 19.3. The highest BCUT2D eigenvalue weighted by Crippen LogP contribution is 2.26. The Morgan fingerprint density at radius 3 is 2.57 bits per heavy atom. The van der Waals surface area contributed by atoms with E-state index in [1.807, 2.05) is 41.3 Å². The molecule has 2 aliphatic rings. The zero-order valence-corrected chi connectivity index (χ0v) is 15.9. The predicted molar refractivity (Wildman–Crippen MR) is 107 cm³/mol. The first-order valence-corrected chi connectivity index (χ1v) is 9.85. The summed E-state index contributed by atoms with van der Waals surface area (Å²) >= 11 is 0. The first-order valence-electron chi connectivity index (χ1n) is 9.85. The molecule has 7 nitrogen and oxygen atoms in total. The van der Waals surface area contributed by atoms with Gasteiger partial charge in [-0.15, -0.1) is 0 Å². The fourth-order valence-corrected chi connectivity index (χ4v) is 3.98. The fourth-order valence-electron chi connectivity index (χ4n) is 3.98. The van der Waals surface area contributed by atoms with Gasteiger partial charge in [0.25, 0.3) is 0 Å². The number of hydrogen-bond acceptors (Lipinski definition) is 5. The van der Waals surface area contributed by atoms with Crippen molar-refractivity contribution in [3.8, 4) is 11.3 Å². The molecule has 2 aromatic rings. The maximum absolute atomic E-state index is 13.0. The third-order valence-corrected chi connectivity index (χ3v) is 5.59. The molecule has 1 atom stereocenters. The number of aromatic nitrogens is 2. The summed E-state index contributed by atoms with van der Waals surface area (Å²) in [5.41, 5.74) is 1.95. The van der Waals surface area contributed by atoms with Gasteiger partial charge in [0, 0.05) is 50.9 Å². The molecule has 0 N–H and O–H groups in total. The number of hydrogen-bond donors (Lipinski definition) is 0. The minimum Gasteiger partial charge on any atom is -0.356 e. The summed E-state index contributed by atoms with van der Waals surface area (Å²) in [4.78, 5) is 38.5. The molecule has 2 fully saturated rings. The second kappa shape index (κ2) is 8.37. The number of anilines is 1. The minimum atomic E-state index is -0.0216. The van der Waals surface area contributed by atoms with Gasteiger partial charge in [-0.3, -0.25) is 9.59 Å². The monoisotopic (exact) mass is 379 g/mol. The number of rotatable bonds is 4. The summed E-state index contributed by atoms with van der Waals surface area (Å²) in [6.07, 6.45) is 4.33. The Balaban J connectivity index is 1.44. The minimum absolute atomic E-state index is 0.0216. The highest BCUT2D eigenvalue weighted by molar-refractivity contribution is 5.80. The summed E-state index contributed by atoms with van der Waals surface area (Å²) in [5.74, 6) is 1.05. The Kier molecular flexibility index (Phi) is 5.50. The number of carbonyl (C=O) groups excluding carboxylic acids is 2. The van der Waals surface area contributed by atoms with Gasteiger partial charge in [0.2, 0.25) is 12.3 Å². The second-order valence-electron chi connectivity index (χ2n) is 7.38. The molecule has 0 spiro atoms. The molecule has 1 aromatic carbocycles. The van der Waals surface area contributed by atoms with Gasteiger partial charge < -0.3 is 14.7 Å². The van der Waals surface area contributed by atoms with Crippen molar-refractivity contribution in [3.05, 3.63) is 42.7 Å². The Morgan fingerprint density at radius 1 is 1.04 bits per heavy atom. The summed E-state index contributed by atoms with van der Waals surface area (Å²) in [6.45, 7) is 4.07. The van der Waals surface area contributed by atoms with Crippen LogP contribution in [0, 0.1) is 5.92 Å². The van der Waals surface area contributed by atoms with E-state index in [1.54, 1.807) is 11.2 Å². The van der Waals surface area contributed by atoms with Gasteiger partial charge in [-0.2, -0.15) is 0 Å². The lowest BCUT2D eigenvalue weighted by molar-refractivity contribution is -0.139. The van der Waals surface area contributed by atoms with E-state index in [1.165, 1.54) is 0 Å². The maximum atomic E-state index is 13.0. The SMILES string of the molecule is O=CN1CCN(C(=O)C2CCCN(c3cc(-c4ccccc4)ncn3)C2)CC1. The van der Waals surface area contributed by atoms with E-state index in [-0.39, 0.29) is 11.8 Å². The van der Waals surface area contributed by atoms with Gasteiger partial charge in [0.15, 0.2) is 0 Å². The van der Waals surface area contributed by atoms with E-state index in [2.05, 4.69) is 14.9 Å². The lowest BCUT2D eigenvalue weighted by atomic mass is 9.96. The Hall–Kier alpha value is -2.96. The molecule has 0 radical (unpaired) electrons. The molecule has 28 heavy (non-hydrogen) atoms. The van der Waals surface area contributed by atoms with Crippen LogP contribution in [0.25, 0.3) is 11.3 Å². The normalized spacial score (nSPS) is 20.1. The van der Waals surface area contributed by atoms with Gasteiger partial charge in [-0.1, -0.05) is 30.3 Å². The van der Waals surface area contributed by atoms with Crippen molar-refractivity contribution in [1.82, 2.24) is 19.8 Å². The van der Waals surface area contributed by atoms with Crippen molar-refractivity contribution in [1.29, 1.82) is 0 Å². The average Bonchev–Trinajstić information content (AvgIpc) is 2.79. The van der Waals surface area contributed by atoms with E-state index >= 15 is 0 Å². The van der Waals surface area contributed by atoms with Crippen molar-refractivity contribution in [3.63, 3.8) is 0 Å².